The van der Waals surface area contributed by atoms with Crippen molar-refractivity contribution in [2.75, 3.05) is 6.54 Å². The molecule has 0 aromatic carbocycles. The van der Waals surface area contributed by atoms with Crippen LogP contribution in [0, 0.1) is 17.8 Å². The highest BCUT2D eigenvalue weighted by molar-refractivity contribution is 5.02. The van der Waals surface area contributed by atoms with Crippen LogP contribution < -0.4 is 5.32 Å². The lowest BCUT2D eigenvalue weighted by atomic mass is 9.74. The van der Waals surface area contributed by atoms with E-state index in [9.17, 15) is 0 Å². The second-order valence-corrected chi connectivity index (χ2v) is 4.65. The molecule has 1 aliphatic rings. The highest BCUT2D eigenvalue weighted by atomic mass is 14.9. The third-order valence-corrected chi connectivity index (χ3v) is 3.74. The van der Waals surface area contributed by atoms with Crippen molar-refractivity contribution in [1.82, 2.24) is 5.32 Å². The average Bonchev–Trinajstić information content (AvgIpc) is 2.19. The lowest BCUT2D eigenvalue weighted by Gasteiger charge is -2.35. The highest BCUT2D eigenvalue weighted by Crippen LogP contribution is 2.32. The van der Waals surface area contributed by atoms with Crippen molar-refractivity contribution in [3.05, 3.63) is 12.2 Å². The molecular weight excluding hydrogens is 170 g/mol. The smallest absolute Gasteiger partial charge is 0.0130 e. The maximum Gasteiger partial charge on any atom is 0.0130 e. The van der Waals surface area contributed by atoms with Crippen molar-refractivity contribution >= 4 is 0 Å². The molecule has 0 saturated carbocycles. The van der Waals surface area contributed by atoms with Crippen LogP contribution in [0.2, 0.25) is 0 Å². The number of nitrogens with one attached hydrogen (secondary N) is 1. The second kappa shape index (κ2) is 5.55. The van der Waals surface area contributed by atoms with Gasteiger partial charge in [0.1, 0.15) is 0 Å². The molecule has 0 aromatic heterocycles. The first-order valence-corrected chi connectivity index (χ1v) is 6.10. The molecule has 1 aliphatic carbocycles. The van der Waals surface area contributed by atoms with Crippen LogP contribution in [0.4, 0.5) is 0 Å². The topological polar surface area (TPSA) is 12.0 Å². The van der Waals surface area contributed by atoms with E-state index in [1.807, 2.05) is 0 Å². The van der Waals surface area contributed by atoms with Gasteiger partial charge in [-0.1, -0.05) is 39.8 Å². The van der Waals surface area contributed by atoms with Gasteiger partial charge in [-0.15, -0.1) is 0 Å². The molecule has 4 atom stereocenters. The molecule has 0 spiro atoms. The first kappa shape index (κ1) is 11.8. The molecule has 0 radical (unpaired) electrons. The standard InChI is InChI=1S/C13H25N/c1-5-13(14-6-2)12-9-7-8-10(3)11(12)4/h7,9-14H,5-6,8H2,1-4H3/t10-,11-,12+,13?/m0/s1. The predicted octanol–water partition coefficient (Wildman–Crippen LogP) is 3.22. The summed E-state index contributed by atoms with van der Waals surface area (Å²) in [6.45, 7) is 10.3. The molecular formula is C13H25N. The quantitative estimate of drug-likeness (QED) is 0.679. The Morgan fingerprint density at radius 1 is 1.36 bits per heavy atom. The Morgan fingerprint density at radius 3 is 2.64 bits per heavy atom. The molecule has 14 heavy (non-hydrogen) atoms. The van der Waals surface area contributed by atoms with E-state index in [4.69, 9.17) is 0 Å². The van der Waals surface area contributed by atoms with E-state index < -0.39 is 0 Å². The minimum Gasteiger partial charge on any atom is -0.314 e. The van der Waals surface area contributed by atoms with Crippen molar-refractivity contribution in [2.24, 2.45) is 17.8 Å². The Hall–Kier alpha value is -0.300. The zero-order valence-corrected chi connectivity index (χ0v) is 10.1. The fraction of sp³-hybridized carbons (Fsp3) is 0.846. The van der Waals surface area contributed by atoms with Gasteiger partial charge in [-0.2, -0.15) is 0 Å². The van der Waals surface area contributed by atoms with E-state index in [0.29, 0.717) is 6.04 Å². The molecule has 1 N–H and O–H groups in total. The van der Waals surface area contributed by atoms with Crippen LogP contribution in [0.1, 0.15) is 40.5 Å². The molecule has 1 nitrogen and oxygen atoms in total. The summed E-state index contributed by atoms with van der Waals surface area (Å²) < 4.78 is 0. The molecule has 0 aliphatic heterocycles. The van der Waals surface area contributed by atoms with Crippen LogP contribution in [0.5, 0.6) is 0 Å². The van der Waals surface area contributed by atoms with E-state index in [-0.39, 0.29) is 0 Å². The number of hydrogen-bond acceptors (Lipinski definition) is 1. The summed E-state index contributed by atoms with van der Waals surface area (Å²) in [7, 11) is 0. The van der Waals surface area contributed by atoms with Gasteiger partial charge in [-0.25, -0.2) is 0 Å². The molecule has 82 valence electrons. The van der Waals surface area contributed by atoms with Gasteiger partial charge in [0.25, 0.3) is 0 Å². The maximum absolute atomic E-state index is 3.60. The molecule has 0 heterocycles. The average molecular weight is 195 g/mol. The lowest BCUT2D eigenvalue weighted by molar-refractivity contribution is 0.231. The van der Waals surface area contributed by atoms with Gasteiger partial charge < -0.3 is 5.32 Å². The van der Waals surface area contributed by atoms with Crippen molar-refractivity contribution < 1.29 is 0 Å². The molecule has 1 unspecified atom stereocenters. The summed E-state index contributed by atoms with van der Waals surface area (Å²) >= 11 is 0. The third kappa shape index (κ3) is 2.60. The zero-order valence-electron chi connectivity index (χ0n) is 10.1. The van der Waals surface area contributed by atoms with Crippen molar-refractivity contribution in [3.8, 4) is 0 Å². The minimum atomic E-state index is 0.675. The third-order valence-electron chi connectivity index (χ3n) is 3.74. The van der Waals surface area contributed by atoms with Gasteiger partial charge in [-0.05, 0) is 37.1 Å². The fourth-order valence-electron chi connectivity index (χ4n) is 2.53. The van der Waals surface area contributed by atoms with Gasteiger partial charge in [0.2, 0.25) is 0 Å². The second-order valence-electron chi connectivity index (χ2n) is 4.65. The maximum atomic E-state index is 3.60. The van der Waals surface area contributed by atoms with Crippen LogP contribution in [0.3, 0.4) is 0 Å². The Labute approximate surface area is 89.0 Å². The molecule has 0 bridgehead atoms. The Morgan fingerprint density at radius 2 is 2.07 bits per heavy atom. The van der Waals surface area contributed by atoms with E-state index >= 15 is 0 Å². The Balaban J connectivity index is 2.63. The SMILES string of the molecule is CCNC(CC)[C@@H]1C=CC[C@H](C)[C@@H]1C. The summed E-state index contributed by atoms with van der Waals surface area (Å²) in [4.78, 5) is 0. The summed E-state index contributed by atoms with van der Waals surface area (Å²) in [6, 6.07) is 0.675. The van der Waals surface area contributed by atoms with Crippen LogP contribution in [0.15, 0.2) is 12.2 Å². The zero-order chi connectivity index (χ0) is 10.6. The van der Waals surface area contributed by atoms with Gasteiger partial charge in [0.05, 0.1) is 0 Å². The van der Waals surface area contributed by atoms with E-state index in [2.05, 4.69) is 45.2 Å². The number of hydrogen-bond donors (Lipinski definition) is 1. The van der Waals surface area contributed by atoms with Crippen molar-refractivity contribution in [2.45, 2.75) is 46.6 Å². The number of allylic oxidation sites excluding steroid dienone is 1. The van der Waals surface area contributed by atoms with Gasteiger partial charge in [0, 0.05) is 6.04 Å². The predicted molar refractivity (Wildman–Crippen MR) is 63.3 cm³/mol. The minimum absolute atomic E-state index is 0.675. The van der Waals surface area contributed by atoms with Crippen LogP contribution in [0.25, 0.3) is 0 Å². The molecule has 0 amide bonds. The highest BCUT2D eigenvalue weighted by Gasteiger charge is 2.28. The van der Waals surface area contributed by atoms with Gasteiger partial charge >= 0.3 is 0 Å². The summed E-state index contributed by atoms with van der Waals surface area (Å²) in [6.07, 6.45) is 7.30. The molecule has 0 saturated heterocycles. The molecule has 0 fully saturated rings. The monoisotopic (exact) mass is 195 g/mol. The lowest BCUT2D eigenvalue weighted by Crippen LogP contribution is -2.40. The van der Waals surface area contributed by atoms with Crippen molar-refractivity contribution in [3.63, 3.8) is 0 Å². The van der Waals surface area contributed by atoms with Crippen LogP contribution in [-0.2, 0) is 0 Å². The first-order valence-electron chi connectivity index (χ1n) is 6.10. The number of rotatable bonds is 4. The van der Waals surface area contributed by atoms with Gasteiger partial charge in [0.15, 0.2) is 0 Å². The molecule has 0 aromatic rings. The molecule has 1 rings (SSSR count). The first-order chi connectivity index (χ1) is 6.70. The fourth-order valence-corrected chi connectivity index (χ4v) is 2.53. The van der Waals surface area contributed by atoms with Gasteiger partial charge in [-0.3, -0.25) is 0 Å². The Bertz CT molecular complexity index is 186. The van der Waals surface area contributed by atoms with Crippen LogP contribution in [-0.4, -0.2) is 12.6 Å². The largest absolute Gasteiger partial charge is 0.314 e. The van der Waals surface area contributed by atoms with E-state index in [0.717, 1.165) is 24.3 Å². The summed E-state index contributed by atoms with van der Waals surface area (Å²) in [5.74, 6) is 2.41. The Kier molecular flexibility index (Phi) is 4.67. The summed E-state index contributed by atoms with van der Waals surface area (Å²) in [5.41, 5.74) is 0. The summed E-state index contributed by atoms with van der Waals surface area (Å²) in [5, 5.41) is 3.60. The van der Waals surface area contributed by atoms with E-state index in [1.54, 1.807) is 0 Å². The normalized spacial score (nSPS) is 34.4. The molecule has 1 heteroatoms. The van der Waals surface area contributed by atoms with Crippen molar-refractivity contribution in [1.29, 1.82) is 0 Å². The van der Waals surface area contributed by atoms with E-state index in [1.165, 1.54) is 12.8 Å². The van der Waals surface area contributed by atoms with Crippen LogP contribution >= 0.6 is 0 Å².